The molecule has 0 amide bonds. The van der Waals surface area contributed by atoms with E-state index in [0.29, 0.717) is 40.7 Å². The third kappa shape index (κ3) is 5.73. The van der Waals surface area contributed by atoms with Gasteiger partial charge in [-0.05, 0) is 25.5 Å². The van der Waals surface area contributed by atoms with Crippen LogP contribution < -0.4 is 11.1 Å². The molecule has 0 bridgehead atoms. The van der Waals surface area contributed by atoms with Crippen molar-refractivity contribution in [3.8, 4) is 0 Å². The van der Waals surface area contributed by atoms with Gasteiger partial charge in [0.25, 0.3) is 0 Å². The van der Waals surface area contributed by atoms with Crippen molar-refractivity contribution in [2.24, 2.45) is 5.73 Å². The van der Waals surface area contributed by atoms with Gasteiger partial charge in [0.15, 0.2) is 0 Å². The molecule has 1 atom stereocenters. The predicted octanol–water partition coefficient (Wildman–Crippen LogP) is 2.69. The first kappa shape index (κ1) is 25.0. The lowest BCUT2D eigenvalue weighted by atomic mass is 9.80. The summed E-state index contributed by atoms with van der Waals surface area (Å²) < 4.78 is 15.8. The maximum atomic E-state index is 12.9. The molecule has 1 heterocycles. The zero-order valence-corrected chi connectivity index (χ0v) is 18.2. The fourth-order valence-electron chi connectivity index (χ4n) is 3.12. The number of halogens is 2. The molecule has 0 spiro atoms. The van der Waals surface area contributed by atoms with Gasteiger partial charge in [-0.3, -0.25) is 0 Å². The highest BCUT2D eigenvalue weighted by atomic mass is 35.5. The van der Waals surface area contributed by atoms with Crippen LogP contribution in [0.2, 0.25) is 5.02 Å². The first-order valence-electron chi connectivity index (χ1n) is 8.94. The number of methoxy groups -OCH3 is 1. The summed E-state index contributed by atoms with van der Waals surface area (Å²) >= 11 is 6.42. The Balaban J connectivity index is 0.00000420. The highest BCUT2D eigenvalue weighted by molar-refractivity contribution is 6.31. The first-order chi connectivity index (χ1) is 13.5. The molecule has 1 aliphatic rings. The number of rotatable bonds is 8. The summed E-state index contributed by atoms with van der Waals surface area (Å²) in [7, 11) is 1.29. The van der Waals surface area contributed by atoms with Crippen molar-refractivity contribution in [2.75, 3.05) is 33.5 Å². The van der Waals surface area contributed by atoms with Gasteiger partial charge in [0.2, 0.25) is 0 Å². The highest BCUT2D eigenvalue weighted by Gasteiger charge is 2.39. The first-order valence-corrected chi connectivity index (χ1v) is 9.32. The number of benzene rings is 1. The number of allylic oxidation sites excluding steroid dienone is 1. The van der Waals surface area contributed by atoms with E-state index in [9.17, 15) is 9.59 Å². The zero-order chi connectivity index (χ0) is 20.7. The van der Waals surface area contributed by atoms with Crippen LogP contribution in [0.25, 0.3) is 0 Å². The molecule has 9 heteroatoms. The number of hydrogen-bond acceptors (Lipinski definition) is 7. The third-order valence-electron chi connectivity index (χ3n) is 4.27. The molecule has 0 aromatic heterocycles. The number of ether oxygens (including phenoxy) is 3. The molecule has 3 N–H and O–H groups in total. The lowest BCUT2D eigenvalue weighted by molar-refractivity contribution is -0.139. The highest BCUT2D eigenvalue weighted by Crippen LogP contribution is 2.41. The summed E-state index contributed by atoms with van der Waals surface area (Å²) in [5.41, 5.74) is 7.70. The molecule has 2 rings (SSSR count). The van der Waals surface area contributed by atoms with Gasteiger partial charge in [0.05, 0.1) is 49.7 Å². The molecule has 1 aromatic rings. The van der Waals surface area contributed by atoms with E-state index in [-0.39, 0.29) is 31.2 Å². The number of hydrogen-bond donors (Lipinski definition) is 2. The molecule has 7 nitrogen and oxygen atoms in total. The van der Waals surface area contributed by atoms with E-state index in [4.69, 9.17) is 31.5 Å². The molecule has 0 fully saturated rings. The number of nitrogens with one attached hydrogen (secondary N) is 1. The van der Waals surface area contributed by atoms with Gasteiger partial charge in [-0.15, -0.1) is 12.4 Å². The van der Waals surface area contributed by atoms with E-state index in [2.05, 4.69) is 5.32 Å². The van der Waals surface area contributed by atoms with E-state index in [0.717, 1.165) is 0 Å². The summed E-state index contributed by atoms with van der Waals surface area (Å²) in [6.07, 6.45) is 0. The van der Waals surface area contributed by atoms with Gasteiger partial charge in [-0.1, -0.05) is 29.8 Å². The largest absolute Gasteiger partial charge is 0.466 e. The van der Waals surface area contributed by atoms with Gasteiger partial charge in [-0.2, -0.15) is 0 Å². The summed E-state index contributed by atoms with van der Waals surface area (Å²) in [6.45, 7) is 4.42. The van der Waals surface area contributed by atoms with Crippen LogP contribution in [0.3, 0.4) is 0 Å². The lowest BCUT2D eigenvalue weighted by Crippen LogP contribution is -2.35. The third-order valence-corrected chi connectivity index (χ3v) is 4.61. The second-order valence-electron chi connectivity index (χ2n) is 6.06. The Morgan fingerprint density at radius 2 is 1.90 bits per heavy atom. The van der Waals surface area contributed by atoms with E-state index < -0.39 is 17.9 Å². The lowest BCUT2D eigenvalue weighted by Gasteiger charge is -2.31. The molecule has 0 aliphatic carbocycles. The van der Waals surface area contributed by atoms with Crippen molar-refractivity contribution in [1.82, 2.24) is 5.32 Å². The topological polar surface area (TPSA) is 99.9 Å². The quantitative estimate of drug-likeness (QED) is 0.469. The molecule has 0 saturated carbocycles. The Hall–Kier alpha value is -2.06. The minimum Gasteiger partial charge on any atom is -0.466 e. The van der Waals surface area contributed by atoms with Crippen LogP contribution in [0.1, 0.15) is 25.3 Å². The average Bonchev–Trinajstić information content (AvgIpc) is 2.67. The van der Waals surface area contributed by atoms with Crippen molar-refractivity contribution in [1.29, 1.82) is 0 Å². The van der Waals surface area contributed by atoms with Crippen molar-refractivity contribution in [3.05, 3.63) is 57.4 Å². The monoisotopic (exact) mass is 444 g/mol. The molecule has 160 valence electrons. The van der Waals surface area contributed by atoms with Gasteiger partial charge in [0.1, 0.15) is 0 Å². The molecule has 0 saturated heterocycles. The van der Waals surface area contributed by atoms with E-state index >= 15 is 0 Å². The maximum absolute atomic E-state index is 12.9. The average molecular weight is 445 g/mol. The van der Waals surface area contributed by atoms with Gasteiger partial charge in [-0.25, -0.2) is 9.59 Å². The van der Waals surface area contributed by atoms with Crippen molar-refractivity contribution >= 4 is 35.9 Å². The summed E-state index contributed by atoms with van der Waals surface area (Å²) in [5, 5.41) is 3.52. The number of nitrogens with two attached hydrogens (primary N) is 1. The molecule has 0 unspecified atom stereocenters. The van der Waals surface area contributed by atoms with Crippen molar-refractivity contribution in [3.63, 3.8) is 0 Å². The van der Waals surface area contributed by atoms with E-state index in [1.54, 1.807) is 38.1 Å². The van der Waals surface area contributed by atoms with Gasteiger partial charge >= 0.3 is 11.9 Å². The minimum atomic E-state index is -0.752. The van der Waals surface area contributed by atoms with Crippen LogP contribution in [-0.4, -0.2) is 45.4 Å². The SMILES string of the molecule is CCOC(=O)C1=C(COCCN)NC(C)=C(C(=O)OC)[C@H]1c1ccccc1Cl.Cl. The smallest absolute Gasteiger partial charge is 0.336 e. The number of dihydropyridines is 1. The Morgan fingerprint density at radius 3 is 2.48 bits per heavy atom. The standard InChI is InChI=1S/C20H25ClN2O5.ClH/c1-4-28-20(25)18-15(11-27-10-9-22)23-12(2)16(19(24)26-3)17(18)13-7-5-6-8-14(13)21;/h5-8,17,23H,4,9-11,22H2,1-3H3;1H/t17-;/m1./s1. The normalized spacial score (nSPS) is 16.1. The summed E-state index contributed by atoms with van der Waals surface area (Å²) in [6, 6.07) is 7.05. The fourth-order valence-corrected chi connectivity index (χ4v) is 3.36. The summed E-state index contributed by atoms with van der Waals surface area (Å²) in [4.78, 5) is 25.5. The Morgan fingerprint density at radius 1 is 1.21 bits per heavy atom. The molecule has 1 aromatic carbocycles. The van der Waals surface area contributed by atoms with Crippen LogP contribution in [-0.2, 0) is 23.8 Å². The minimum absolute atomic E-state index is 0. The number of carbonyl (C=O) groups is 2. The van der Waals surface area contributed by atoms with Gasteiger partial charge in [0, 0.05) is 17.3 Å². The van der Waals surface area contributed by atoms with E-state index in [1.807, 2.05) is 0 Å². The second-order valence-corrected chi connectivity index (χ2v) is 6.47. The molecule has 0 radical (unpaired) electrons. The van der Waals surface area contributed by atoms with Crippen LogP contribution in [0, 0.1) is 0 Å². The number of carbonyl (C=O) groups excluding carboxylic acids is 2. The maximum Gasteiger partial charge on any atom is 0.336 e. The molecular weight excluding hydrogens is 419 g/mol. The zero-order valence-electron chi connectivity index (χ0n) is 16.6. The molecule has 1 aliphatic heterocycles. The van der Waals surface area contributed by atoms with Crippen LogP contribution in [0.5, 0.6) is 0 Å². The predicted molar refractivity (Wildman–Crippen MR) is 113 cm³/mol. The Labute approximate surface area is 181 Å². The molecule has 29 heavy (non-hydrogen) atoms. The summed E-state index contributed by atoms with van der Waals surface area (Å²) in [5.74, 6) is -1.86. The van der Waals surface area contributed by atoms with Crippen LogP contribution in [0.4, 0.5) is 0 Å². The van der Waals surface area contributed by atoms with Gasteiger partial charge < -0.3 is 25.3 Å². The number of esters is 2. The second kappa shape index (κ2) is 11.8. The Bertz CT molecular complexity index is 808. The van der Waals surface area contributed by atoms with Crippen molar-refractivity contribution < 1.29 is 23.8 Å². The van der Waals surface area contributed by atoms with Crippen molar-refractivity contribution in [2.45, 2.75) is 19.8 Å². The van der Waals surface area contributed by atoms with Crippen LogP contribution >= 0.6 is 24.0 Å². The molecular formula is C20H26Cl2N2O5. The Kier molecular flexibility index (Phi) is 10.2. The van der Waals surface area contributed by atoms with E-state index in [1.165, 1.54) is 7.11 Å². The fraction of sp³-hybridized carbons (Fsp3) is 0.400. The van der Waals surface area contributed by atoms with Crippen LogP contribution in [0.15, 0.2) is 46.8 Å².